The maximum atomic E-state index is 12.7. The van der Waals surface area contributed by atoms with Gasteiger partial charge in [-0.3, -0.25) is 0 Å². The molecule has 1 saturated heterocycles. The topological polar surface area (TPSA) is 49.7 Å². The highest BCUT2D eigenvalue weighted by atomic mass is 32.2. The molecule has 3 rings (SSSR count). The van der Waals surface area contributed by atoms with Gasteiger partial charge in [0.05, 0.1) is 4.90 Å². The van der Waals surface area contributed by atoms with E-state index in [1.54, 1.807) is 30.3 Å². The molecule has 126 valence electrons. The zero-order chi connectivity index (χ0) is 16.8. The van der Waals surface area contributed by atoms with Crippen molar-refractivity contribution in [3.8, 4) is 0 Å². The average Bonchev–Trinajstić information content (AvgIpc) is 2.90. The quantitative estimate of drug-likeness (QED) is 0.631. The molecule has 0 amide bonds. The van der Waals surface area contributed by atoms with Gasteiger partial charge in [-0.1, -0.05) is 61.4 Å². The Morgan fingerprint density at radius 3 is 1.92 bits per heavy atom. The van der Waals surface area contributed by atoms with E-state index in [9.17, 15) is 8.42 Å². The summed E-state index contributed by atoms with van der Waals surface area (Å²) in [6, 6.07) is 18.0. The Morgan fingerprint density at radius 1 is 0.792 bits per heavy atom. The zero-order valence-electron chi connectivity index (χ0n) is 13.6. The predicted octanol–water partition coefficient (Wildman–Crippen LogP) is 3.70. The molecule has 1 heterocycles. The summed E-state index contributed by atoms with van der Waals surface area (Å²) in [7, 11) is -3.72. The molecule has 1 aliphatic heterocycles. The SMILES string of the molecule is O=S(=O)(/N=C(/c1ccccc1)N1CCCCCC1)c1ccccc1. The average molecular weight is 342 g/mol. The van der Waals surface area contributed by atoms with Crippen LogP contribution in [0.15, 0.2) is 70.0 Å². The monoisotopic (exact) mass is 342 g/mol. The molecule has 2 aromatic rings. The fraction of sp³-hybridized carbons (Fsp3) is 0.316. The van der Waals surface area contributed by atoms with Gasteiger partial charge >= 0.3 is 0 Å². The molecule has 0 spiro atoms. The van der Waals surface area contributed by atoms with Crippen LogP contribution in [0.2, 0.25) is 0 Å². The van der Waals surface area contributed by atoms with E-state index in [0.717, 1.165) is 31.5 Å². The van der Waals surface area contributed by atoms with E-state index in [-0.39, 0.29) is 4.90 Å². The Labute approximate surface area is 143 Å². The molecule has 0 N–H and O–H groups in total. The normalized spacial score (nSPS) is 16.7. The lowest BCUT2D eigenvalue weighted by molar-refractivity contribution is 0.436. The van der Waals surface area contributed by atoms with Gasteiger partial charge in [0.15, 0.2) is 0 Å². The Bertz CT molecular complexity index is 779. The number of hydrogen-bond donors (Lipinski definition) is 0. The van der Waals surface area contributed by atoms with Crippen LogP contribution in [0.4, 0.5) is 0 Å². The van der Waals surface area contributed by atoms with Gasteiger partial charge in [0.1, 0.15) is 5.84 Å². The number of rotatable bonds is 3. The second-order valence-electron chi connectivity index (χ2n) is 5.97. The minimum absolute atomic E-state index is 0.230. The van der Waals surface area contributed by atoms with Crippen LogP contribution in [0.5, 0.6) is 0 Å². The lowest BCUT2D eigenvalue weighted by Crippen LogP contribution is -2.33. The number of nitrogens with zero attached hydrogens (tertiary/aromatic N) is 2. The lowest BCUT2D eigenvalue weighted by atomic mass is 10.2. The van der Waals surface area contributed by atoms with Gasteiger partial charge in [-0.05, 0) is 25.0 Å². The van der Waals surface area contributed by atoms with Crippen LogP contribution in [-0.4, -0.2) is 32.2 Å². The van der Waals surface area contributed by atoms with Gasteiger partial charge in [0.2, 0.25) is 0 Å². The molecule has 0 atom stereocenters. The van der Waals surface area contributed by atoms with Crippen LogP contribution in [-0.2, 0) is 10.0 Å². The van der Waals surface area contributed by atoms with Crippen LogP contribution in [0.25, 0.3) is 0 Å². The summed E-state index contributed by atoms with van der Waals surface area (Å²) in [6.45, 7) is 1.69. The van der Waals surface area contributed by atoms with Crippen LogP contribution in [0.1, 0.15) is 31.2 Å². The highest BCUT2D eigenvalue weighted by molar-refractivity contribution is 7.90. The van der Waals surface area contributed by atoms with Crippen molar-refractivity contribution in [3.63, 3.8) is 0 Å². The Hall–Kier alpha value is -2.14. The summed E-state index contributed by atoms with van der Waals surface area (Å²) < 4.78 is 29.7. The number of benzene rings is 2. The molecule has 4 nitrogen and oxygen atoms in total. The second-order valence-corrected chi connectivity index (χ2v) is 7.57. The third-order valence-corrected chi connectivity index (χ3v) is 5.47. The predicted molar refractivity (Wildman–Crippen MR) is 96.6 cm³/mol. The molecular formula is C19H22N2O2S. The first-order valence-corrected chi connectivity index (χ1v) is 9.81. The molecule has 0 saturated carbocycles. The summed E-state index contributed by atoms with van der Waals surface area (Å²) >= 11 is 0. The third kappa shape index (κ3) is 4.03. The van der Waals surface area contributed by atoms with E-state index < -0.39 is 10.0 Å². The highest BCUT2D eigenvalue weighted by Gasteiger charge is 2.20. The molecule has 0 unspecified atom stereocenters. The second kappa shape index (κ2) is 7.62. The van der Waals surface area contributed by atoms with Gasteiger partial charge in [0, 0.05) is 18.7 Å². The summed E-state index contributed by atoms with van der Waals surface area (Å²) in [4.78, 5) is 2.34. The molecule has 1 fully saturated rings. The fourth-order valence-corrected chi connectivity index (χ4v) is 3.98. The maximum Gasteiger partial charge on any atom is 0.284 e. The first kappa shape index (κ1) is 16.7. The van der Waals surface area contributed by atoms with Crippen molar-refractivity contribution in [2.45, 2.75) is 30.6 Å². The summed E-state index contributed by atoms with van der Waals surface area (Å²) in [5, 5.41) is 0. The van der Waals surface area contributed by atoms with E-state index >= 15 is 0 Å². The van der Waals surface area contributed by atoms with E-state index in [0.29, 0.717) is 5.84 Å². The molecule has 1 aliphatic rings. The minimum Gasteiger partial charge on any atom is -0.355 e. The fourth-order valence-electron chi connectivity index (χ4n) is 2.92. The largest absolute Gasteiger partial charge is 0.355 e. The smallest absolute Gasteiger partial charge is 0.284 e. The molecule has 0 bridgehead atoms. The van der Waals surface area contributed by atoms with Gasteiger partial charge in [0.25, 0.3) is 10.0 Å². The Kier molecular flexibility index (Phi) is 5.30. The van der Waals surface area contributed by atoms with E-state index in [1.165, 1.54) is 12.8 Å². The maximum absolute atomic E-state index is 12.7. The number of likely N-dealkylation sites (tertiary alicyclic amines) is 1. The van der Waals surface area contributed by atoms with Crippen molar-refractivity contribution in [2.24, 2.45) is 4.40 Å². The number of hydrogen-bond acceptors (Lipinski definition) is 2. The summed E-state index contributed by atoms with van der Waals surface area (Å²) in [6.07, 6.45) is 4.50. The summed E-state index contributed by atoms with van der Waals surface area (Å²) in [5.41, 5.74) is 0.846. The van der Waals surface area contributed by atoms with Gasteiger partial charge in [-0.15, -0.1) is 4.40 Å². The van der Waals surface area contributed by atoms with Crippen molar-refractivity contribution in [2.75, 3.05) is 13.1 Å². The van der Waals surface area contributed by atoms with E-state index in [4.69, 9.17) is 0 Å². The van der Waals surface area contributed by atoms with Gasteiger partial charge in [-0.2, -0.15) is 8.42 Å². The number of amidine groups is 1. The van der Waals surface area contributed by atoms with Crippen molar-refractivity contribution in [1.29, 1.82) is 0 Å². The highest BCUT2D eigenvalue weighted by Crippen LogP contribution is 2.18. The molecule has 24 heavy (non-hydrogen) atoms. The van der Waals surface area contributed by atoms with Crippen LogP contribution in [0, 0.1) is 0 Å². The summed E-state index contributed by atoms with van der Waals surface area (Å²) in [5.74, 6) is 0.557. The van der Waals surface area contributed by atoms with Crippen molar-refractivity contribution in [3.05, 3.63) is 66.2 Å². The van der Waals surface area contributed by atoms with Crippen LogP contribution < -0.4 is 0 Å². The van der Waals surface area contributed by atoms with E-state index in [2.05, 4.69) is 9.30 Å². The molecule has 5 heteroatoms. The standard InChI is InChI=1S/C19H22N2O2S/c22-24(23,18-13-7-4-8-14-18)20-19(17-11-5-3-6-12-17)21-15-9-1-2-10-16-21/h3-8,11-14H,1-2,9-10,15-16H2/b20-19-. The number of sulfonamides is 1. The molecular weight excluding hydrogens is 320 g/mol. The van der Waals surface area contributed by atoms with Gasteiger partial charge in [-0.25, -0.2) is 0 Å². The Balaban J connectivity index is 2.04. The Morgan fingerprint density at radius 2 is 1.33 bits per heavy atom. The third-order valence-electron chi connectivity index (χ3n) is 4.19. The van der Waals surface area contributed by atoms with Crippen molar-refractivity contribution in [1.82, 2.24) is 4.90 Å². The minimum atomic E-state index is -3.72. The van der Waals surface area contributed by atoms with Gasteiger partial charge < -0.3 is 4.90 Å². The molecule has 0 radical (unpaired) electrons. The lowest BCUT2D eigenvalue weighted by Gasteiger charge is -2.24. The zero-order valence-corrected chi connectivity index (χ0v) is 14.5. The molecule has 0 aromatic heterocycles. The van der Waals surface area contributed by atoms with Crippen molar-refractivity contribution < 1.29 is 8.42 Å². The van der Waals surface area contributed by atoms with Crippen LogP contribution in [0.3, 0.4) is 0 Å². The molecule has 2 aromatic carbocycles. The molecule has 0 aliphatic carbocycles. The first-order valence-electron chi connectivity index (χ1n) is 8.37. The van der Waals surface area contributed by atoms with Crippen LogP contribution >= 0.6 is 0 Å². The van der Waals surface area contributed by atoms with Crippen molar-refractivity contribution >= 4 is 15.9 Å². The van der Waals surface area contributed by atoms with E-state index in [1.807, 2.05) is 30.3 Å². The first-order chi connectivity index (χ1) is 11.7.